The molecule has 0 fully saturated rings. The van der Waals surface area contributed by atoms with Gasteiger partial charge in [0.05, 0.1) is 25.2 Å². The Kier molecular flexibility index (Phi) is 9.14. The monoisotopic (exact) mass is 541 g/mol. The van der Waals surface area contributed by atoms with Crippen molar-refractivity contribution < 1.29 is 28.5 Å². The van der Waals surface area contributed by atoms with E-state index < -0.39 is 23.6 Å². The molecule has 0 bridgehead atoms. The summed E-state index contributed by atoms with van der Waals surface area (Å²) in [4.78, 5) is 41.1. The van der Waals surface area contributed by atoms with Crippen molar-refractivity contribution in [1.29, 1.82) is 0 Å². The van der Waals surface area contributed by atoms with Crippen LogP contribution in [-0.4, -0.2) is 49.6 Å². The third-order valence-corrected chi connectivity index (χ3v) is 6.84. The second-order valence-corrected chi connectivity index (χ2v) is 10.6. The predicted octanol–water partition coefficient (Wildman–Crippen LogP) is 5.79. The van der Waals surface area contributed by atoms with Gasteiger partial charge in [-0.3, -0.25) is 9.59 Å². The van der Waals surface area contributed by atoms with Gasteiger partial charge < -0.3 is 18.9 Å². The van der Waals surface area contributed by atoms with E-state index >= 15 is 0 Å². The molecule has 3 rings (SSSR count). The number of imide groups is 1. The van der Waals surface area contributed by atoms with E-state index in [2.05, 4.69) is 6.58 Å². The zero-order valence-corrected chi connectivity index (χ0v) is 23.8. The summed E-state index contributed by atoms with van der Waals surface area (Å²) < 4.78 is 23.0. The molecule has 204 valence electrons. The number of hydrogen-bond donors (Lipinski definition) is 0. The lowest BCUT2D eigenvalue weighted by Gasteiger charge is -2.31. The molecular formula is C29H35NO7S. The van der Waals surface area contributed by atoms with Crippen LogP contribution in [0.25, 0.3) is 11.1 Å². The molecule has 0 saturated heterocycles. The minimum atomic E-state index is -0.813. The van der Waals surface area contributed by atoms with Gasteiger partial charge in [0.2, 0.25) is 11.7 Å². The van der Waals surface area contributed by atoms with Gasteiger partial charge in [0.1, 0.15) is 12.2 Å². The van der Waals surface area contributed by atoms with E-state index in [4.69, 9.17) is 18.9 Å². The van der Waals surface area contributed by atoms with E-state index in [0.29, 0.717) is 51.7 Å². The number of amides is 2. The molecule has 0 saturated carbocycles. The van der Waals surface area contributed by atoms with E-state index in [1.807, 2.05) is 18.4 Å². The first-order valence-electron chi connectivity index (χ1n) is 12.2. The first-order valence-corrected chi connectivity index (χ1v) is 13.5. The van der Waals surface area contributed by atoms with E-state index in [9.17, 15) is 14.4 Å². The van der Waals surface area contributed by atoms with Crippen molar-refractivity contribution in [2.45, 2.75) is 57.1 Å². The first kappa shape index (κ1) is 29.1. The third kappa shape index (κ3) is 5.99. The molecule has 0 aliphatic heterocycles. The first-order chi connectivity index (χ1) is 18.0. The van der Waals surface area contributed by atoms with Gasteiger partial charge in [0, 0.05) is 12.5 Å². The minimum absolute atomic E-state index is 0.211. The molecule has 38 heavy (non-hydrogen) atoms. The van der Waals surface area contributed by atoms with Crippen molar-refractivity contribution >= 4 is 23.8 Å². The maximum Gasteiger partial charge on any atom is 0.417 e. The van der Waals surface area contributed by atoms with Crippen LogP contribution in [0.1, 0.15) is 51.3 Å². The highest BCUT2D eigenvalue weighted by atomic mass is 32.2. The normalized spacial score (nSPS) is 14.3. The number of carbonyl (C=O) groups is 2. The molecule has 2 aromatic rings. The van der Waals surface area contributed by atoms with Crippen LogP contribution in [0.5, 0.6) is 17.2 Å². The zero-order chi connectivity index (χ0) is 28.2. The van der Waals surface area contributed by atoms with Crippen LogP contribution in [0.4, 0.5) is 4.79 Å². The fraction of sp³-hybridized carbons (Fsp3) is 0.414. The van der Waals surface area contributed by atoms with Crippen molar-refractivity contribution in [3.8, 4) is 28.4 Å². The van der Waals surface area contributed by atoms with Gasteiger partial charge in [0.15, 0.2) is 16.9 Å². The van der Waals surface area contributed by atoms with E-state index in [0.717, 1.165) is 10.5 Å². The summed E-state index contributed by atoms with van der Waals surface area (Å²) in [6.07, 6.45) is 3.50. The molecule has 0 heterocycles. The molecule has 0 spiro atoms. The molecule has 1 aliphatic carbocycles. The van der Waals surface area contributed by atoms with Crippen molar-refractivity contribution in [3.63, 3.8) is 0 Å². The molecule has 0 N–H and O–H groups in total. The van der Waals surface area contributed by atoms with Crippen LogP contribution < -0.4 is 19.6 Å². The lowest BCUT2D eigenvalue weighted by atomic mass is 9.95. The molecule has 1 atom stereocenters. The molecule has 2 amide bonds. The number of carbonyl (C=O) groups excluding carboxylic acids is 2. The summed E-state index contributed by atoms with van der Waals surface area (Å²) >= 11 is 1.32. The molecule has 2 aromatic carbocycles. The van der Waals surface area contributed by atoms with Crippen LogP contribution in [0.15, 0.2) is 46.6 Å². The van der Waals surface area contributed by atoms with E-state index in [-0.39, 0.29) is 12.0 Å². The molecule has 1 unspecified atom stereocenters. The Labute approximate surface area is 227 Å². The van der Waals surface area contributed by atoms with Crippen LogP contribution in [0.2, 0.25) is 0 Å². The molecule has 9 heteroatoms. The predicted molar refractivity (Wildman–Crippen MR) is 149 cm³/mol. The Morgan fingerprint density at radius 3 is 2.39 bits per heavy atom. The smallest absolute Gasteiger partial charge is 0.417 e. The maximum absolute atomic E-state index is 13.3. The minimum Gasteiger partial charge on any atom is -0.492 e. The van der Waals surface area contributed by atoms with Crippen molar-refractivity contribution in [2.24, 2.45) is 0 Å². The van der Waals surface area contributed by atoms with E-state index in [1.54, 1.807) is 32.9 Å². The number of thioether (sulfide) groups is 1. The SMILES string of the molecule is C=CCOc1cc2c(c(OC)c1OC)-c1ccc(SC)c(=O)cc1C(N(C(C)=O)C(=O)OC(C)(C)C)CC2. The molecule has 0 radical (unpaired) electrons. The van der Waals surface area contributed by atoms with Gasteiger partial charge in [-0.25, -0.2) is 9.69 Å². The van der Waals surface area contributed by atoms with E-state index in [1.165, 1.54) is 39.0 Å². The van der Waals surface area contributed by atoms with Crippen molar-refractivity contribution in [2.75, 3.05) is 27.1 Å². The average molecular weight is 542 g/mol. The van der Waals surface area contributed by atoms with Gasteiger partial charge in [-0.05, 0) is 74.8 Å². The van der Waals surface area contributed by atoms with Crippen molar-refractivity contribution in [1.82, 2.24) is 4.90 Å². The lowest BCUT2D eigenvalue weighted by molar-refractivity contribution is -0.130. The Morgan fingerprint density at radius 1 is 1.16 bits per heavy atom. The zero-order valence-electron chi connectivity index (χ0n) is 23.0. The topological polar surface area (TPSA) is 91.4 Å². The number of benzene rings is 1. The number of ether oxygens (including phenoxy) is 4. The van der Waals surface area contributed by atoms with Gasteiger partial charge in [0.25, 0.3) is 0 Å². The summed E-state index contributed by atoms with van der Waals surface area (Å²) in [7, 11) is 3.06. The second-order valence-electron chi connectivity index (χ2n) is 9.78. The highest BCUT2D eigenvalue weighted by Gasteiger charge is 2.37. The second kappa shape index (κ2) is 11.9. The Hall–Kier alpha value is -3.46. The fourth-order valence-electron chi connectivity index (χ4n) is 4.61. The average Bonchev–Trinajstić information content (AvgIpc) is 3.09. The number of aryl methyl sites for hydroxylation is 1. The summed E-state index contributed by atoms with van der Waals surface area (Å²) in [5, 5.41) is 0. The number of hydrogen-bond acceptors (Lipinski definition) is 8. The maximum atomic E-state index is 13.3. The number of nitrogens with zero attached hydrogens (tertiary/aromatic N) is 1. The van der Waals surface area contributed by atoms with Crippen LogP contribution in [0.3, 0.4) is 0 Å². The Morgan fingerprint density at radius 2 is 1.84 bits per heavy atom. The lowest BCUT2D eigenvalue weighted by Crippen LogP contribution is -2.42. The summed E-state index contributed by atoms with van der Waals surface area (Å²) in [6, 6.07) is 6.21. The van der Waals surface area contributed by atoms with Gasteiger partial charge in [-0.1, -0.05) is 18.7 Å². The summed E-state index contributed by atoms with van der Waals surface area (Å²) in [5.41, 5.74) is 1.73. The van der Waals surface area contributed by atoms with Gasteiger partial charge >= 0.3 is 6.09 Å². The highest BCUT2D eigenvalue weighted by molar-refractivity contribution is 7.98. The van der Waals surface area contributed by atoms with Crippen LogP contribution in [-0.2, 0) is 16.0 Å². The molecule has 0 aromatic heterocycles. The van der Waals surface area contributed by atoms with Crippen LogP contribution >= 0.6 is 11.8 Å². The molecule has 1 aliphatic rings. The van der Waals surface area contributed by atoms with Crippen LogP contribution in [0, 0.1) is 0 Å². The highest BCUT2D eigenvalue weighted by Crippen LogP contribution is 2.51. The third-order valence-electron chi connectivity index (χ3n) is 6.07. The number of fused-ring (bicyclic) bond motifs is 3. The summed E-state index contributed by atoms with van der Waals surface area (Å²) in [6.45, 7) is 10.5. The van der Waals surface area contributed by atoms with Crippen molar-refractivity contribution in [3.05, 3.63) is 58.3 Å². The fourth-order valence-corrected chi connectivity index (χ4v) is 5.07. The number of rotatable bonds is 7. The number of methoxy groups -OCH3 is 2. The standard InChI is InChI=1S/C29H35NO7S/c1-9-14-36-23-15-18-10-12-21(30(17(2)31)28(33)37-29(3,4)5)20-16-22(32)24(38-8)13-11-19(20)25(18)27(35-7)26(23)34-6/h9,11,13,15-16,21H,1,10,12,14H2,2-8H3. The molecular weight excluding hydrogens is 506 g/mol. The largest absolute Gasteiger partial charge is 0.492 e. The Balaban J connectivity index is 2.39. The molecule has 8 nitrogen and oxygen atoms in total. The summed E-state index contributed by atoms with van der Waals surface area (Å²) in [5.74, 6) is 0.826. The van der Waals surface area contributed by atoms with Gasteiger partial charge in [-0.15, -0.1) is 11.8 Å². The quantitative estimate of drug-likeness (QED) is 0.321. The Bertz CT molecular complexity index is 1300. The van der Waals surface area contributed by atoms with Gasteiger partial charge in [-0.2, -0.15) is 0 Å².